The smallest absolute Gasteiger partial charge is 0.335 e. The second-order valence-electron chi connectivity index (χ2n) is 7.49. The number of rotatable bonds is 6. The van der Waals surface area contributed by atoms with E-state index in [9.17, 15) is 25.2 Å². The molecule has 2 aromatic carbocycles. The molecule has 6 N–H and O–H groups in total. The van der Waals surface area contributed by atoms with Crippen LogP contribution in [0, 0.1) is 0 Å². The number of benzene rings is 2. The number of hydrogen-bond acceptors (Lipinski definition) is 9. The molecule has 5 atom stereocenters. The second-order valence-corrected chi connectivity index (χ2v) is 9.01. The first kappa shape index (κ1) is 23.1. The number of nitrogens with zero attached hydrogens (tertiary/aromatic N) is 1. The molecule has 4 rings (SSSR count). The van der Waals surface area contributed by atoms with Crippen molar-refractivity contribution in [1.29, 1.82) is 0 Å². The standard InChI is InChI=1S/C21H23ClN2O7S/c22-10-2-5-14-13(8-10)24(7-1-6-23)12-4-3-11(9-15(12)32-14)30-21-18(27)16(25)17(26)19(31-21)20(28)29/h2-5,8-9,16-19,21,25-27H,1,6-7,23H2,(H,28,29)/t16-,17-,18+,19-,21+/m0/s1. The number of carbonyl (C=O) groups is 1. The Labute approximate surface area is 193 Å². The zero-order valence-electron chi connectivity index (χ0n) is 16.8. The SMILES string of the molecule is NCCCN1c2ccc(O[C@@H]3O[C@H](C(=O)O)[C@@H](O)[C@H](O)[C@H]3O)cc2Sc2ccc(Cl)cc21. The summed E-state index contributed by atoms with van der Waals surface area (Å²) >= 11 is 7.72. The van der Waals surface area contributed by atoms with Gasteiger partial charge in [-0.3, -0.25) is 0 Å². The van der Waals surface area contributed by atoms with Gasteiger partial charge in [0.2, 0.25) is 6.29 Å². The minimum Gasteiger partial charge on any atom is -0.479 e. The van der Waals surface area contributed by atoms with E-state index in [-0.39, 0.29) is 0 Å². The van der Waals surface area contributed by atoms with Crippen molar-refractivity contribution >= 4 is 40.7 Å². The van der Waals surface area contributed by atoms with Crippen molar-refractivity contribution in [2.24, 2.45) is 5.73 Å². The Morgan fingerprint density at radius 1 is 1.09 bits per heavy atom. The molecule has 0 spiro atoms. The summed E-state index contributed by atoms with van der Waals surface area (Å²) in [6.45, 7) is 1.22. The Kier molecular flexibility index (Phi) is 6.82. The molecule has 0 saturated carbocycles. The monoisotopic (exact) mass is 482 g/mol. The molecule has 2 heterocycles. The minimum absolute atomic E-state index is 0.309. The van der Waals surface area contributed by atoms with Gasteiger partial charge >= 0.3 is 5.97 Å². The number of aliphatic hydroxyl groups is 3. The summed E-state index contributed by atoms with van der Waals surface area (Å²) in [4.78, 5) is 15.3. The number of halogens is 1. The quantitative estimate of drug-likeness (QED) is 0.411. The number of hydrogen-bond donors (Lipinski definition) is 5. The van der Waals surface area contributed by atoms with E-state index in [0.717, 1.165) is 27.6 Å². The normalized spacial score (nSPS) is 26.9. The molecule has 11 heteroatoms. The fourth-order valence-electron chi connectivity index (χ4n) is 3.68. The van der Waals surface area contributed by atoms with Gasteiger partial charge in [0.1, 0.15) is 24.1 Å². The summed E-state index contributed by atoms with van der Waals surface area (Å²) in [5.41, 5.74) is 7.62. The molecule has 0 bridgehead atoms. The predicted octanol–water partition coefficient (Wildman–Crippen LogP) is 1.56. The van der Waals surface area contributed by atoms with E-state index in [1.54, 1.807) is 12.1 Å². The van der Waals surface area contributed by atoms with Crippen LogP contribution in [0.2, 0.25) is 5.02 Å². The summed E-state index contributed by atoms with van der Waals surface area (Å²) in [5, 5.41) is 39.9. The molecule has 172 valence electrons. The lowest BCUT2D eigenvalue weighted by Crippen LogP contribution is -2.61. The summed E-state index contributed by atoms with van der Waals surface area (Å²) in [5.74, 6) is -1.16. The van der Waals surface area contributed by atoms with Crippen molar-refractivity contribution < 1.29 is 34.7 Å². The molecular weight excluding hydrogens is 460 g/mol. The fourth-order valence-corrected chi connectivity index (χ4v) is 4.95. The van der Waals surface area contributed by atoms with Gasteiger partial charge in [-0.15, -0.1) is 0 Å². The Morgan fingerprint density at radius 2 is 1.88 bits per heavy atom. The average molecular weight is 483 g/mol. The lowest BCUT2D eigenvalue weighted by atomic mass is 9.99. The van der Waals surface area contributed by atoms with Gasteiger partial charge in [0, 0.05) is 21.4 Å². The van der Waals surface area contributed by atoms with Crippen molar-refractivity contribution in [3.63, 3.8) is 0 Å². The molecule has 32 heavy (non-hydrogen) atoms. The Morgan fingerprint density at radius 3 is 2.59 bits per heavy atom. The molecule has 0 amide bonds. The first-order chi connectivity index (χ1) is 15.3. The maximum Gasteiger partial charge on any atom is 0.335 e. The number of carboxylic acids is 1. The van der Waals surface area contributed by atoms with E-state index in [1.807, 2.05) is 24.3 Å². The van der Waals surface area contributed by atoms with Crippen molar-refractivity contribution in [2.45, 2.75) is 46.9 Å². The van der Waals surface area contributed by atoms with Crippen LogP contribution in [0.5, 0.6) is 5.75 Å². The highest BCUT2D eigenvalue weighted by molar-refractivity contribution is 7.99. The maximum atomic E-state index is 11.3. The molecule has 2 aliphatic heterocycles. The number of aliphatic carboxylic acids is 1. The van der Waals surface area contributed by atoms with Crippen LogP contribution in [0.4, 0.5) is 11.4 Å². The molecule has 2 aliphatic rings. The lowest BCUT2D eigenvalue weighted by Gasteiger charge is -2.38. The van der Waals surface area contributed by atoms with Gasteiger partial charge < -0.3 is 40.5 Å². The van der Waals surface area contributed by atoms with Crippen LogP contribution in [0.1, 0.15) is 6.42 Å². The predicted molar refractivity (Wildman–Crippen MR) is 118 cm³/mol. The number of carboxylic acid groups (broad SMARTS) is 1. The highest BCUT2D eigenvalue weighted by atomic mass is 35.5. The number of nitrogens with two attached hydrogens (primary N) is 1. The zero-order chi connectivity index (χ0) is 23.0. The Hall–Kier alpha value is -2.05. The van der Waals surface area contributed by atoms with Crippen LogP contribution < -0.4 is 15.4 Å². The highest BCUT2D eigenvalue weighted by Gasteiger charge is 2.48. The van der Waals surface area contributed by atoms with Gasteiger partial charge in [0.15, 0.2) is 6.10 Å². The van der Waals surface area contributed by atoms with Crippen molar-refractivity contribution in [3.05, 3.63) is 41.4 Å². The zero-order valence-corrected chi connectivity index (χ0v) is 18.4. The van der Waals surface area contributed by atoms with Crippen LogP contribution in [0.15, 0.2) is 46.2 Å². The number of fused-ring (bicyclic) bond motifs is 2. The summed E-state index contributed by atoms with van der Waals surface area (Å²) in [6.07, 6.45) is -7.57. The van der Waals surface area contributed by atoms with Gasteiger partial charge in [0.25, 0.3) is 0 Å². The molecule has 9 nitrogen and oxygen atoms in total. The van der Waals surface area contributed by atoms with E-state index < -0.39 is 36.7 Å². The van der Waals surface area contributed by atoms with Gasteiger partial charge in [-0.05, 0) is 49.4 Å². The van der Waals surface area contributed by atoms with Crippen LogP contribution in [0.25, 0.3) is 0 Å². The van der Waals surface area contributed by atoms with Crippen molar-refractivity contribution in [2.75, 3.05) is 18.0 Å². The summed E-state index contributed by atoms with van der Waals surface area (Å²) < 4.78 is 10.9. The largest absolute Gasteiger partial charge is 0.479 e. The van der Waals surface area contributed by atoms with E-state index >= 15 is 0 Å². The molecule has 0 aromatic heterocycles. The summed E-state index contributed by atoms with van der Waals surface area (Å²) in [7, 11) is 0. The number of ether oxygens (including phenoxy) is 2. The van der Waals surface area contributed by atoms with Crippen LogP contribution >= 0.6 is 23.4 Å². The molecule has 0 unspecified atom stereocenters. The highest BCUT2D eigenvalue weighted by Crippen LogP contribution is 2.50. The molecule has 1 saturated heterocycles. The van der Waals surface area contributed by atoms with E-state index in [2.05, 4.69) is 4.90 Å². The van der Waals surface area contributed by atoms with Crippen molar-refractivity contribution in [1.82, 2.24) is 0 Å². The van der Waals surface area contributed by atoms with Gasteiger partial charge in [0.05, 0.1) is 11.4 Å². The van der Waals surface area contributed by atoms with Gasteiger partial charge in [-0.25, -0.2) is 4.79 Å². The number of aliphatic hydroxyl groups excluding tert-OH is 3. The van der Waals surface area contributed by atoms with E-state index in [1.165, 1.54) is 11.8 Å². The van der Waals surface area contributed by atoms with E-state index in [0.29, 0.717) is 23.9 Å². The number of anilines is 2. The third kappa shape index (κ3) is 4.40. The lowest BCUT2D eigenvalue weighted by molar-refractivity contribution is -0.271. The van der Waals surface area contributed by atoms with E-state index in [4.69, 9.17) is 26.8 Å². The molecule has 0 radical (unpaired) electrons. The first-order valence-corrected chi connectivity index (χ1v) is 11.2. The summed E-state index contributed by atoms with van der Waals surface area (Å²) in [6, 6.07) is 10.9. The van der Waals surface area contributed by atoms with Gasteiger partial charge in [-0.2, -0.15) is 0 Å². The molecular formula is C21H23ClN2O7S. The van der Waals surface area contributed by atoms with Crippen molar-refractivity contribution in [3.8, 4) is 5.75 Å². The average Bonchev–Trinajstić information content (AvgIpc) is 2.77. The van der Waals surface area contributed by atoms with Crippen LogP contribution in [0.3, 0.4) is 0 Å². The third-order valence-corrected chi connectivity index (χ3v) is 6.65. The molecule has 2 aromatic rings. The van der Waals surface area contributed by atoms with Crippen LogP contribution in [-0.2, 0) is 9.53 Å². The third-order valence-electron chi connectivity index (χ3n) is 5.30. The fraction of sp³-hybridized carbons (Fsp3) is 0.381. The second kappa shape index (κ2) is 9.44. The Bertz CT molecular complexity index is 1010. The molecule has 0 aliphatic carbocycles. The van der Waals surface area contributed by atoms with Gasteiger partial charge in [-0.1, -0.05) is 23.4 Å². The first-order valence-electron chi connectivity index (χ1n) is 9.98. The molecule has 1 fully saturated rings. The minimum atomic E-state index is -1.78. The maximum absolute atomic E-state index is 11.3. The topological polar surface area (TPSA) is 146 Å². The Balaban J connectivity index is 1.61. The van der Waals surface area contributed by atoms with Crippen LogP contribution in [-0.4, -0.2) is 70.2 Å².